The molecule has 1 heterocycles. The zero-order valence-electron chi connectivity index (χ0n) is 29.4. The first-order valence-corrected chi connectivity index (χ1v) is 17.3. The molecule has 0 N–H and O–H groups in total. The quantitative estimate of drug-likeness (QED) is 0.206. The van der Waals surface area contributed by atoms with E-state index >= 15 is 0 Å². The SMILES string of the molecule is C=CCc1cc(C2C3=C(CC(C)(C)CC3=O)N(Cc3ccccc3)C3=C2C(=O)CC(C)(C)C3)cc(OCC)c1OCc1ccc(C)cc1. The molecule has 0 aromatic heterocycles. The maximum absolute atomic E-state index is 14.4. The van der Waals surface area contributed by atoms with Crippen molar-refractivity contribution in [1.29, 1.82) is 0 Å². The highest BCUT2D eigenvalue weighted by atomic mass is 16.5. The smallest absolute Gasteiger partial charge is 0.165 e. The van der Waals surface area contributed by atoms with E-state index < -0.39 is 5.92 Å². The van der Waals surface area contributed by atoms with Crippen LogP contribution in [0.15, 0.2) is 102 Å². The third-order valence-electron chi connectivity index (χ3n) is 9.86. The van der Waals surface area contributed by atoms with Gasteiger partial charge in [0, 0.05) is 53.4 Å². The molecule has 0 bridgehead atoms. The first-order valence-electron chi connectivity index (χ1n) is 17.3. The number of hydrogen-bond acceptors (Lipinski definition) is 5. The number of allylic oxidation sites excluding steroid dienone is 5. The molecule has 0 radical (unpaired) electrons. The van der Waals surface area contributed by atoms with Crippen LogP contribution in [0, 0.1) is 17.8 Å². The van der Waals surface area contributed by atoms with E-state index in [9.17, 15) is 9.59 Å². The summed E-state index contributed by atoms with van der Waals surface area (Å²) < 4.78 is 12.8. The molecule has 6 rings (SSSR count). The van der Waals surface area contributed by atoms with Crippen molar-refractivity contribution in [3.8, 4) is 11.5 Å². The third-order valence-corrected chi connectivity index (χ3v) is 9.86. The summed E-state index contributed by atoms with van der Waals surface area (Å²) in [6.45, 7) is 18.3. The lowest BCUT2D eigenvalue weighted by Crippen LogP contribution is -2.44. The summed E-state index contributed by atoms with van der Waals surface area (Å²) in [5.41, 5.74) is 8.49. The summed E-state index contributed by atoms with van der Waals surface area (Å²) in [7, 11) is 0. The number of rotatable bonds is 10. The minimum Gasteiger partial charge on any atom is -0.490 e. The van der Waals surface area contributed by atoms with Gasteiger partial charge in [0.2, 0.25) is 0 Å². The molecule has 5 heteroatoms. The van der Waals surface area contributed by atoms with Crippen LogP contribution in [0.25, 0.3) is 0 Å². The van der Waals surface area contributed by atoms with Gasteiger partial charge in [-0.05, 0) is 66.7 Å². The molecular formula is C43H49NO4. The van der Waals surface area contributed by atoms with Crippen LogP contribution in [0.5, 0.6) is 11.5 Å². The summed E-state index contributed by atoms with van der Waals surface area (Å²) >= 11 is 0. The van der Waals surface area contributed by atoms with Gasteiger partial charge in [0.25, 0.3) is 0 Å². The van der Waals surface area contributed by atoms with Crippen LogP contribution in [-0.4, -0.2) is 23.1 Å². The molecule has 250 valence electrons. The molecule has 0 atom stereocenters. The molecule has 0 saturated carbocycles. The third kappa shape index (κ3) is 6.78. The number of nitrogens with zero attached hydrogens (tertiary/aromatic N) is 1. The number of ketones is 2. The Balaban J connectivity index is 1.54. The van der Waals surface area contributed by atoms with Gasteiger partial charge in [-0.1, -0.05) is 100.0 Å². The van der Waals surface area contributed by atoms with Crippen LogP contribution in [0.1, 0.15) is 94.0 Å². The highest BCUT2D eigenvalue weighted by Crippen LogP contribution is 2.55. The number of benzene rings is 3. The van der Waals surface area contributed by atoms with Gasteiger partial charge in [-0.3, -0.25) is 9.59 Å². The Morgan fingerprint density at radius 2 is 1.42 bits per heavy atom. The molecule has 0 amide bonds. The second-order valence-electron chi connectivity index (χ2n) is 15.3. The summed E-state index contributed by atoms with van der Waals surface area (Å²) in [4.78, 5) is 31.2. The predicted molar refractivity (Wildman–Crippen MR) is 192 cm³/mol. The van der Waals surface area contributed by atoms with E-state index in [0.717, 1.165) is 57.6 Å². The van der Waals surface area contributed by atoms with E-state index in [2.05, 4.69) is 101 Å². The van der Waals surface area contributed by atoms with Gasteiger partial charge >= 0.3 is 0 Å². The molecule has 3 aliphatic rings. The standard InChI is InChI=1S/C43H49NO4/c1-8-13-31-20-32(21-37(47-9-2)41(31)48-27-30-18-16-28(3)17-19-30)38-39-33(22-42(4,5)24-35(39)45)44(26-29-14-11-10-12-15-29)34-23-43(6,7)25-36(46)40(34)38/h8,10-12,14-21,38H,1,9,13,22-27H2,2-7H3. The minimum absolute atomic E-state index is 0.122. The van der Waals surface area contributed by atoms with Crippen molar-refractivity contribution in [1.82, 2.24) is 4.90 Å². The molecule has 0 spiro atoms. The molecular weight excluding hydrogens is 594 g/mol. The lowest BCUT2D eigenvalue weighted by molar-refractivity contribution is -0.119. The predicted octanol–water partition coefficient (Wildman–Crippen LogP) is 9.59. The molecule has 3 aromatic carbocycles. The lowest BCUT2D eigenvalue weighted by Gasteiger charge is -2.49. The number of ether oxygens (including phenoxy) is 2. The Labute approximate surface area is 286 Å². The van der Waals surface area contributed by atoms with Gasteiger partial charge in [-0.25, -0.2) is 0 Å². The number of aryl methyl sites for hydroxylation is 1. The molecule has 0 fully saturated rings. The van der Waals surface area contributed by atoms with Gasteiger partial charge in [0.15, 0.2) is 23.1 Å². The molecule has 3 aromatic rings. The van der Waals surface area contributed by atoms with Crippen molar-refractivity contribution in [3.05, 3.63) is 130 Å². The first kappa shape index (κ1) is 33.5. The number of hydrogen-bond donors (Lipinski definition) is 0. The van der Waals surface area contributed by atoms with Gasteiger partial charge in [-0.15, -0.1) is 6.58 Å². The molecule has 2 aliphatic carbocycles. The van der Waals surface area contributed by atoms with Crippen LogP contribution in [0.4, 0.5) is 0 Å². The fraction of sp³-hybridized carbons (Fsp3) is 0.395. The van der Waals surface area contributed by atoms with Crippen LogP contribution >= 0.6 is 0 Å². The van der Waals surface area contributed by atoms with Gasteiger partial charge in [0.05, 0.1) is 6.61 Å². The van der Waals surface area contributed by atoms with E-state index in [1.807, 2.05) is 25.1 Å². The van der Waals surface area contributed by atoms with Crippen LogP contribution in [-0.2, 0) is 29.2 Å². The van der Waals surface area contributed by atoms with Crippen LogP contribution in [0.3, 0.4) is 0 Å². The Bertz CT molecular complexity index is 1740. The molecule has 48 heavy (non-hydrogen) atoms. The largest absolute Gasteiger partial charge is 0.490 e. The van der Waals surface area contributed by atoms with E-state index in [4.69, 9.17) is 9.47 Å². The van der Waals surface area contributed by atoms with Crippen molar-refractivity contribution in [2.45, 2.75) is 92.7 Å². The summed E-state index contributed by atoms with van der Waals surface area (Å²) in [5.74, 6) is 1.08. The molecule has 0 saturated heterocycles. The monoisotopic (exact) mass is 643 g/mol. The summed E-state index contributed by atoms with van der Waals surface area (Å²) in [6.07, 6.45) is 4.84. The first-order chi connectivity index (χ1) is 22.9. The molecule has 0 unspecified atom stereocenters. The maximum atomic E-state index is 14.4. The molecule has 5 nitrogen and oxygen atoms in total. The second kappa shape index (κ2) is 13.3. The highest BCUT2D eigenvalue weighted by Gasteiger charge is 2.49. The van der Waals surface area contributed by atoms with E-state index in [0.29, 0.717) is 50.5 Å². The fourth-order valence-corrected chi connectivity index (χ4v) is 7.76. The summed E-state index contributed by atoms with van der Waals surface area (Å²) in [5, 5.41) is 0. The van der Waals surface area contributed by atoms with Gasteiger partial charge in [0.1, 0.15) is 6.61 Å². The van der Waals surface area contributed by atoms with E-state index in [1.54, 1.807) is 0 Å². The Hall–Kier alpha value is -4.38. The lowest BCUT2D eigenvalue weighted by atomic mass is 9.63. The minimum atomic E-state index is -0.469. The van der Waals surface area contributed by atoms with Crippen LogP contribution in [0.2, 0.25) is 0 Å². The zero-order valence-corrected chi connectivity index (χ0v) is 29.4. The van der Waals surface area contributed by atoms with Crippen molar-refractivity contribution in [2.75, 3.05) is 6.61 Å². The van der Waals surface area contributed by atoms with Crippen molar-refractivity contribution in [3.63, 3.8) is 0 Å². The number of carbonyl (C=O) groups is 2. The maximum Gasteiger partial charge on any atom is 0.165 e. The average Bonchev–Trinajstić information content (AvgIpc) is 3.01. The van der Waals surface area contributed by atoms with E-state index in [1.165, 1.54) is 5.56 Å². The van der Waals surface area contributed by atoms with Crippen LogP contribution < -0.4 is 9.47 Å². The Morgan fingerprint density at radius 3 is 1.98 bits per heavy atom. The molecule has 1 aliphatic heterocycles. The van der Waals surface area contributed by atoms with Crippen molar-refractivity contribution >= 4 is 11.6 Å². The highest BCUT2D eigenvalue weighted by molar-refractivity contribution is 6.07. The number of Topliss-reactive ketones (excluding diaryl/α,β-unsaturated/α-hetero) is 2. The Morgan fingerprint density at radius 1 is 0.812 bits per heavy atom. The van der Waals surface area contributed by atoms with Gasteiger partial charge in [-0.2, -0.15) is 0 Å². The normalized spacial score (nSPS) is 18.8. The summed E-state index contributed by atoms with van der Waals surface area (Å²) in [6, 6.07) is 22.9. The fourth-order valence-electron chi connectivity index (χ4n) is 7.76. The van der Waals surface area contributed by atoms with Crippen molar-refractivity contribution in [2.24, 2.45) is 10.8 Å². The number of carbonyl (C=O) groups excluding carboxylic acids is 2. The van der Waals surface area contributed by atoms with E-state index in [-0.39, 0.29) is 22.4 Å². The van der Waals surface area contributed by atoms with Crippen molar-refractivity contribution < 1.29 is 19.1 Å². The topological polar surface area (TPSA) is 55.8 Å². The van der Waals surface area contributed by atoms with Gasteiger partial charge < -0.3 is 14.4 Å². The Kier molecular flexibility index (Phi) is 9.26. The average molecular weight is 644 g/mol. The zero-order chi connectivity index (χ0) is 34.2. The second-order valence-corrected chi connectivity index (χ2v) is 15.3.